The number of imidazole rings is 4. The third kappa shape index (κ3) is 5.25. The molecular weight excluding hydrogens is 763 g/mol. The van der Waals surface area contributed by atoms with Crippen LogP contribution in [0.1, 0.15) is 0 Å². The van der Waals surface area contributed by atoms with Crippen molar-refractivity contribution in [2.24, 2.45) is 0 Å². The summed E-state index contributed by atoms with van der Waals surface area (Å²) in [6, 6.07) is 69.2. The largest absolute Gasteiger partial charge is 0.278 e. The molecule has 290 valence electrons. The van der Waals surface area contributed by atoms with E-state index in [1.165, 1.54) is 0 Å². The van der Waals surface area contributed by atoms with E-state index in [4.69, 9.17) is 24.9 Å². The summed E-state index contributed by atoms with van der Waals surface area (Å²) in [7, 11) is 0. The van der Waals surface area contributed by atoms with E-state index in [-0.39, 0.29) is 0 Å². The Labute approximate surface area is 354 Å². The Morgan fingerprint density at radius 3 is 1.10 bits per heavy atom. The second-order valence-electron chi connectivity index (χ2n) is 15.5. The quantitative estimate of drug-likeness (QED) is 0.167. The van der Waals surface area contributed by atoms with Crippen LogP contribution in [0.4, 0.5) is 0 Å². The van der Waals surface area contributed by atoms with Crippen LogP contribution in [0.3, 0.4) is 0 Å². The van der Waals surface area contributed by atoms with Crippen molar-refractivity contribution in [1.29, 1.82) is 0 Å². The number of aromatic nitrogens is 9. The molecule has 62 heavy (non-hydrogen) atoms. The van der Waals surface area contributed by atoms with Crippen LogP contribution in [-0.4, -0.2) is 42.9 Å². The van der Waals surface area contributed by atoms with Crippen molar-refractivity contribution in [3.8, 4) is 56.7 Å². The van der Waals surface area contributed by atoms with Crippen LogP contribution in [0, 0.1) is 0 Å². The van der Waals surface area contributed by atoms with Crippen molar-refractivity contribution >= 4 is 55.7 Å². The molecule has 0 aliphatic rings. The molecular formula is C53H33N9. The molecule has 13 rings (SSSR count). The molecule has 0 saturated carbocycles. The maximum atomic E-state index is 5.21. The van der Waals surface area contributed by atoms with Gasteiger partial charge in [0.2, 0.25) is 11.6 Å². The Hall–Kier alpha value is -8.69. The Balaban J connectivity index is 0.963. The van der Waals surface area contributed by atoms with Crippen LogP contribution in [0.5, 0.6) is 0 Å². The van der Waals surface area contributed by atoms with Gasteiger partial charge in [0.25, 0.3) is 0 Å². The predicted molar refractivity (Wildman–Crippen MR) is 248 cm³/mol. The van der Waals surface area contributed by atoms with Crippen LogP contribution in [0.25, 0.3) is 112 Å². The third-order valence-corrected chi connectivity index (χ3v) is 11.8. The summed E-state index contributed by atoms with van der Waals surface area (Å²) >= 11 is 0. The lowest BCUT2D eigenvalue weighted by atomic mass is 10.0. The highest BCUT2D eigenvalue weighted by molar-refractivity contribution is 5.97. The van der Waals surface area contributed by atoms with Crippen molar-refractivity contribution < 1.29 is 0 Å². The van der Waals surface area contributed by atoms with Gasteiger partial charge >= 0.3 is 0 Å². The van der Waals surface area contributed by atoms with E-state index >= 15 is 0 Å². The van der Waals surface area contributed by atoms with E-state index < -0.39 is 0 Å². The fourth-order valence-electron chi connectivity index (χ4n) is 8.94. The number of rotatable bonds is 6. The van der Waals surface area contributed by atoms with E-state index in [1.807, 2.05) is 78.9 Å². The fraction of sp³-hybridized carbons (Fsp3) is 0. The first-order chi connectivity index (χ1) is 30.7. The van der Waals surface area contributed by atoms with Gasteiger partial charge in [0.15, 0.2) is 17.5 Å². The second kappa shape index (κ2) is 13.4. The van der Waals surface area contributed by atoms with Crippen LogP contribution in [0.15, 0.2) is 200 Å². The molecule has 5 aromatic heterocycles. The SMILES string of the molecule is c1ccc(-c2nc(-c3ccccc3)nc(-c3ccc(-n4c5ccc(-c6ccc7c(c6)n6c8ccccc8nc6n7-c6ccccc6)cc5n5c6ccccc6nc45)cc3)n2)cc1. The molecule has 0 fully saturated rings. The van der Waals surface area contributed by atoms with Gasteiger partial charge in [-0.25, -0.2) is 24.9 Å². The normalized spacial score (nSPS) is 11.9. The van der Waals surface area contributed by atoms with Crippen LogP contribution in [-0.2, 0) is 0 Å². The lowest BCUT2D eigenvalue weighted by Crippen LogP contribution is -2.00. The minimum Gasteiger partial charge on any atom is -0.278 e. The predicted octanol–water partition coefficient (Wildman–Crippen LogP) is 12.0. The Bertz CT molecular complexity index is 3790. The molecule has 0 saturated heterocycles. The summed E-state index contributed by atoms with van der Waals surface area (Å²) in [5.74, 6) is 3.60. The van der Waals surface area contributed by atoms with Gasteiger partial charge in [-0.05, 0) is 96.1 Å². The van der Waals surface area contributed by atoms with E-state index in [0.29, 0.717) is 17.5 Å². The molecule has 0 unspecified atom stereocenters. The van der Waals surface area contributed by atoms with E-state index in [2.05, 4.69) is 139 Å². The van der Waals surface area contributed by atoms with E-state index in [9.17, 15) is 0 Å². The molecule has 0 N–H and O–H groups in total. The number of hydrogen-bond donors (Lipinski definition) is 0. The number of para-hydroxylation sites is 5. The lowest BCUT2D eigenvalue weighted by Gasteiger charge is -2.10. The highest BCUT2D eigenvalue weighted by atomic mass is 15.2. The molecule has 0 bridgehead atoms. The van der Waals surface area contributed by atoms with Crippen molar-refractivity contribution in [1.82, 2.24) is 42.9 Å². The maximum Gasteiger partial charge on any atom is 0.220 e. The molecule has 13 aromatic rings. The van der Waals surface area contributed by atoms with Crippen molar-refractivity contribution in [3.63, 3.8) is 0 Å². The summed E-state index contributed by atoms with van der Waals surface area (Å²) in [6.07, 6.45) is 0. The number of benzene rings is 8. The summed E-state index contributed by atoms with van der Waals surface area (Å²) < 4.78 is 9.05. The van der Waals surface area contributed by atoms with Gasteiger partial charge in [-0.2, -0.15) is 0 Å². The molecule has 0 aliphatic heterocycles. The molecule has 5 heterocycles. The molecule has 0 radical (unpaired) electrons. The first-order valence-electron chi connectivity index (χ1n) is 20.6. The summed E-state index contributed by atoms with van der Waals surface area (Å²) in [5.41, 5.74) is 15.4. The zero-order valence-electron chi connectivity index (χ0n) is 33.1. The Morgan fingerprint density at radius 2 is 0.629 bits per heavy atom. The Morgan fingerprint density at radius 1 is 0.258 bits per heavy atom. The number of fused-ring (bicyclic) bond motifs is 10. The van der Waals surface area contributed by atoms with Gasteiger partial charge in [0, 0.05) is 28.1 Å². The summed E-state index contributed by atoms with van der Waals surface area (Å²) in [5, 5.41) is 0. The van der Waals surface area contributed by atoms with Gasteiger partial charge in [0.1, 0.15) is 0 Å². The Kier molecular flexibility index (Phi) is 7.40. The number of hydrogen-bond acceptors (Lipinski definition) is 5. The molecule has 8 aromatic carbocycles. The van der Waals surface area contributed by atoms with Crippen LogP contribution >= 0.6 is 0 Å². The minimum atomic E-state index is 0.611. The molecule has 0 atom stereocenters. The van der Waals surface area contributed by atoms with Gasteiger partial charge in [-0.1, -0.05) is 115 Å². The smallest absolute Gasteiger partial charge is 0.220 e. The monoisotopic (exact) mass is 795 g/mol. The third-order valence-electron chi connectivity index (χ3n) is 11.8. The van der Waals surface area contributed by atoms with Crippen LogP contribution in [0.2, 0.25) is 0 Å². The zero-order valence-corrected chi connectivity index (χ0v) is 33.1. The van der Waals surface area contributed by atoms with E-state index in [1.54, 1.807) is 0 Å². The molecule has 9 heteroatoms. The van der Waals surface area contributed by atoms with E-state index in [0.717, 1.165) is 94.9 Å². The topological polar surface area (TPSA) is 83.1 Å². The summed E-state index contributed by atoms with van der Waals surface area (Å²) in [6.45, 7) is 0. The highest BCUT2D eigenvalue weighted by Crippen LogP contribution is 2.36. The standard InChI is InChI=1S/C53H33N9/c1-4-14-34(15-5-1)49-56-50(35-16-6-2-7-17-35)58-51(57-49)36-24-28-40(29-25-36)60-46-31-27-38(33-48(46)62-44-23-13-11-21-42(44)55-53(60)62)37-26-30-45-47(32-37)61-43-22-12-10-20-41(43)54-52(61)59(45)39-18-8-3-9-19-39/h1-33H. The molecule has 0 spiro atoms. The number of nitrogens with zero attached hydrogens (tertiary/aromatic N) is 9. The van der Waals surface area contributed by atoms with Crippen molar-refractivity contribution in [2.45, 2.75) is 0 Å². The van der Waals surface area contributed by atoms with Gasteiger partial charge in [-0.3, -0.25) is 17.9 Å². The second-order valence-corrected chi connectivity index (χ2v) is 15.5. The average Bonchev–Trinajstić information content (AvgIpc) is 4.08. The minimum absolute atomic E-state index is 0.611. The van der Waals surface area contributed by atoms with Gasteiger partial charge in [-0.15, -0.1) is 0 Å². The van der Waals surface area contributed by atoms with Crippen molar-refractivity contribution in [3.05, 3.63) is 200 Å². The fourth-order valence-corrected chi connectivity index (χ4v) is 8.94. The summed E-state index contributed by atoms with van der Waals surface area (Å²) in [4.78, 5) is 25.2. The van der Waals surface area contributed by atoms with Crippen LogP contribution < -0.4 is 0 Å². The maximum absolute atomic E-state index is 5.21. The van der Waals surface area contributed by atoms with Gasteiger partial charge in [0.05, 0.1) is 44.1 Å². The molecule has 0 amide bonds. The lowest BCUT2D eigenvalue weighted by molar-refractivity contribution is 1.07. The zero-order chi connectivity index (χ0) is 40.7. The molecule has 0 aliphatic carbocycles. The average molecular weight is 796 g/mol. The highest BCUT2D eigenvalue weighted by Gasteiger charge is 2.21. The van der Waals surface area contributed by atoms with Gasteiger partial charge < -0.3 is 0 Å². The first kappa shape index (κ1) is 34.2. The first-order valence-corrected chi connectivity index (χ1v) is 20.6. The van der Waals surface area contributed by atoms with Crippen molar-refractivity contribution in [2.75, 3.05) is 0 Å². The molecule has 9 nitrogen and oxygen atoms in total.